The van der Waals surface area contributed by atoms with Crippen LogP contribution in [-0.4, -0.2) is 35.2 Å². The average molecular weight is 508 g/mol. The van der Waals surface area contributed by atoms with Gasteiger partial charge < -0.3 is 14.8 Å². The van der Waals surface area contributed by atoms with Gasteiger partial charge in [-0.05, 0) is 53.9 Å². The summed E-state index contributed by atoms with van der Waals surface area (Å²) < 4.78 is 71.9. The summed E-state index contributed by atoms with van der Waals surface area (Å²) in [7, 11) is 0. The normalized spacial score (nSPS) is 11.9. The Balaban J connectivity index is 1.79. The van der Waals surface area contributed by atoms with Crippen molar-refractivity contribution in [3.63, 3.8) is 0 Å². The number of alkyl halides is 5. The lowest BCUT2D eigenvalue weighted by atomic mass is 10.1. The Hall–Kier alpha value is -4.26. The van der Waals surface area contributed by atoms with Gasteiger partial charge in [0.1, 0.15) is 5.75 Å². The van der Waals surface area contributed by atoms with Gasteiger partial charge in [0.25, 0.3) is 0 Å². The van der Waals surface area contributed by atoms with Crippen LogP contribution < -0.4 is 25.9 Å². The molecule has 13 heteroatoms. The largest absolute Gasteiger partial charge is 0.573 e. The minimum Gasteiger partial charge on any atom is -0.469 e. The lowest BCUT2D eigenvalue weighted by Gasteiger charge is -2.13. The van der Waals surface area contributed by atoms with E-state index in [1.807, 2.05) is 25.1 Å². The van der Waals surface area contributed by atoms with Crippen molar-refractivity contribution in [2.24, 2.45) is 10.8 Å². The Bertz CT molecular complexity index is 1230. The third-order valence-electron chi connectivity index (χ3n) is 4.38. The number of nitrogens with one attached hydrogen (secondary N) is 2. The number of hydrogen-bond acceptors (Lipinski definition) is 8. The summed E-state index contributed by atoms with van der Waals surface area (Å²) in [4.78, 5) is 8.13. The molecule has 1 aromatic heterocycles. The summed E-state index contributed by atoms with van der Waals surface area (Å²) in [6.45, 7) is 4.54. The highest BCUT2D eigenvalue weighted by Crippen LogP contribution is 2.26. The van der Waals surface area contributed by atoms with Gasteiger partial charge in [-0.15, -0.1) is 13.2 Å². The molecule has 0 bridgehead atoms. The van der Waals surface area contributed by atoms with Gasteiger partial charge in [-0.2, -0.15) is 23.9 Å². The maximum atomic E-state index is 13.0. The van der Waals surface area contributed by atoms with Gasteiger partial charge in [-0.3, -0.25) is 11.2 Å². The van der Waals surface area contributed by atoms with Crippen LogP contribution in [0.15, 0.2) is 60.2 Å². The zero-order valence-electron chi connectivity index (χ0n) is 18.8. The molecule has 0 amide bonds. The fourth-order valence-corrected chi connectivity index (χ4v) is 2.78. The van der Waals surface area contributed by atoms with Crippen molar-refractivity contribution in [1.82, 2.24) is 9.97 Å². The van der Waals surface area contributed by atoms with E-state index >= 15 is 0 Å². The van der Waals surface area contributed by atoms with E-state index in [0.29, 0.717) is 0 Å². The fourth-order valence-electron chi connectivity index (χ4n) is 2.78. The highest BCUT2D eigenvalue weighted by molar-refractivity contribution is 5.81. The van der Waals surface area contributed by atoms with Crippen LogP contribution in [0.1, 0.15) is 16.7 Å². The second kappa shape index (κ2) is 11.0. The predicted molar refractivity (Wildman–Crippen MR) is 126 cm³/mol. The second-order valence-electron chi connectivity index (χ2n) is 7.35. The first-order chi connectivity index (χ1) is 16.9. The third kappa shape index (κ3) is 8.51. The summed E-state index contributed by atoms with van der Waals surface area (Å²) in [5, 5.41) is 6.82. The first-order valence-corrected chi connectivity index (χ1v) is 10.2. The lowest BCUT2D eigenvalue weighted by Crippen LogP contribution is -2.35. The maximum absolute atomic E-state index is 13.0. The van der Waals surface area contributed by atoms with Gasteiger partial charge in [0, 0.05) is 11.8 Å². The highest BCUT2D eigenvalue weighted by atomic mass is 19.4. The number of rotatable bonds is 10. The number of hydrazone groups is 1. The number of aromatic nitrogens is 2. The summed E-state index contributed by atoms with van der Waals surface area (Å²) in [6.07, 6.45) is -1.61. The van der Waals surface area contributed by atoms with Crippen molar-refractivity contribution in [2.45, 2.75) is 19.3 Å². The fraction of sp³-hybridized carbons (Fsp3) is 0.174. The topological polar surface area (TPSA) is 107 Å². The molecule has 36 heavy (non-hydrogen) atoms. The number of nitrogens with zero attached hydrogens (tertiary/aromatic N) is 3. The molecular formula is C23H21F5N6O2. The number of benzene rings is 2. The van der Waals surface area contributed by atoms with Crippen LogP contribution in [0.4, 0.5) is 39.4 Å². The van der Waals surface area contributed by atoms with E-state index < -0.39 is 24.8 Å². The van der Waals surface area contributed by atoms with Crippen LogP contribution in [-0.2, 0) is 0 Å². The minimum atomic E-state index is -4.83. The van der Waals surface area contributed by atoms with Crippen molar-refractivity contribution in [3.05, 3.63) is 71.8 Å². The van der Waals surface area contributed by atoms with E-state index in [-0.39, 0.29) is 23.3 Å². The number of aryl methyl sites for hydroxylation is 1. The van der Waals surface area contributed by atoms with Crippen molar-refractivity contribution >= 4 is 29.7 Å². The molecule has 0 spiro atoms. The van der Waals surface area contributed by atoms with E-state index in [2.05, 4.69) is 42.9 Å². The predicted octanol–water partition coefficient (Wildman–Crippen LogP) is 5.45. The molecule has 4 N–H and O–H groups in total. The molecule has 0 saturated carbocycles. The number of anilines is 3. The van der Waals surface area contributed by atoms with Crippen molar-refractivity contribution in [2.75, 3.05) is 17.3 Å². The first-order valence-electron chi connectivity index (χ1n) is 10.2. The first kappa shape index (κ1) is 26.3. The molecule has 2 aromatic carbocycles. The summed E-state index contributed by atoms with van der Waals surface area (Å²) in [6, 6.07) is 7.94. The van der Waals surface area contributed by atoms with Gasteiger partial charge in [0.05, 0.1) is 6.21 Å². The third-order valence-corrected chi connectivity index (χ3v) is 4.38. The van der Waals surface area contributed by atoms with Gasteiger partial charge >= 0.3 is 12.4 Å². The van der Waals surface area contributed by atoms with E-state index in [1.54, 1.807) is 6.08 Å². The van der Waals surface area contributed by atoms with E-state index in [1.165, 1.54) is 24.4 Å². The number of ether oxygens (including phenoxy) is 2. The van der Waals surface area contributed by atoms with E-state index in [0.717, 1.165) is 28.8 Å². The summed E-state index contributed by atoms with van der Waals surface area (Å²) >= 11 is 0. The van der Waals surface area contributed by atoms with Crippen molar-refractivity contribution < 1.29 is 31.4 Å². The molecule has 0 unspecified atom stereocenters. The van der Waals surface area contributed by atoms with Crippen molar-refractivity contribution in [1.29, 1.82) is 0 Å². The number of nitrogens with two attached hydrogens (primary N) is 1. The van der Waals surface area contributed by atoms with Gasteiger partial charge in [0.2, 0.25) is 11.8 Å². The zero-order valence-corrected chi connectivity index (χ0v) is 18.8. The van der Waals surface area contributed by atoms with Crippen LogP contribution in [0.5, 0.6) is 11.6 Å². The summed E-state index contributed by atoms with van der Waals surface area (Å²) in [5.41, 5.74) is 10.3. The monoisotopic (exact) mass is 508 g/mol. The quantitative estimate of drug-likeness (QED) is 0.145. The Morgan fingerprint density at radius 1 is 1.06 bits per heavy atom. The van der Waals surface area contributed by atoms with E-state index in [9.17, 15) is 22.0 Å². The molecule has 190 valence electrons. The molecule has 0 aliphatic rings. The SMILES string of the molecule is C=Cc1cc(/C=N/Nc2cc(OCC(N)(F)F)nc(Nc3ccc(OC(F)(F)F)cc3)n2)ccc1C. The minimum absolute atomic E-state index is 0.0761. The Morgan fingerprint density at radius 2 is 1.78 bits per heavy atom. The number of halogens is 5. The molecule has 0 radical (unpaired) electrons. The molecule has 3 rings (SSSR count). The second-order valence-corrected chi connectivity index (χ2v) is 7.35. The molecule has 8 nitrogen and oxygen atoms in total. The van der Waals surface area contributed by atoms with Gasteiger partial charge in [-0.25, -0.2) is 0 Å². The maximum Gasteiger partial charge on any atom is 0.573 e. The molecule has 3 aromatic rings. The standard InChI is InChI=1S/C23H21F5N6O2/c1-3-16-10-15(5-4-14(16)2)12-30-34-19-11-20(35-13-22(24,25)29)33-21(32-19)31-17-6-8-18(9-7-17)36-23(26,27)28/h3-12H,1,13,29H2,2H3,(H2,31,32,33,34)/b30-12+. The zero-order chi connectivity index (χ0) is 26.3. The number of hydrogen-bond donors (Lipinski definition) is 3. The van der Waals surface area contributed by atoms with Gasteiger partial charge in [0.15, 0.2) is 12.4 Å². The molecule has 0 fully saturated rings. The smallest absolute Gasteiger partial charge is 0.469 e. The highest BCUT2D eigenvalue weighted by Gasteiger charge is 2.31. The molecule has 1 heterocycles. The molecule has 0 aliphatic carbocycles. The molecule has 0 atom stereocenters. The Morgan fingerprint density at radius 3 is 2.42 bits per heavy atom. The molecule has 0 aliphatic heterocycles. The van der Waals surface area contributed by atoms with Gasteiger partial charge in [-0.1, -0.05) is 24.8 Å². The molecular weight excluding hydrogens is 487 g/mol. The van der Waals surface area contributed by atoms with Crippen LogP contribution in [0.3, 0.4) is 0 Å². The van der Waals surface area contributed by atoms with Crippen molar-refractivity contribution in [3.8, 4) is 11.6 Å². The Kier molecular flexibility index (Phi) is 8.04. The van der Waals surface area contributed by atoms with Crippen LogP contribution in [0, 0.1) is 6.92 Å². The van der Waals surface area contributed by atoms with Crippen LogP contribution >= 0.6 is 0 Å². The summed E-state index contributed by atoms with van der Waals surface area (Å²) in [5.74, 6) is -0.716. The van der Waals surface area contributed by atoms with Crippen LogP contribution in [0.25, 0.3) is 6.08 Å². The Labute approximate surface area is 202 Å². The average Bonchev–Trinajstić information content (AvgIpc) is 2.79. The van der Waals surface area contributed by atoms with E-state index in [4.69, 9.17) is 4.74 Å². The van der Waals surface area contributed by atoms with Crippen LogP contribution in [0.2, 0.25) is 0 Å². The lowest BCUT2D eigenvalue weighted by molar-refractivity contribution is -0.274. The molecule has 0 saturated heterocycles.